The summed E-state index contributed by atoms with van der Waals surface area (Å²) in [6.45, 7) is 7.68. The largest absolute Gasteiger partial charge is 0.307 e. The Morgan fingerprint density at radius 1 is 1.37 bits per heavy atom. The van der Waals surface area contributed by atoms with E-state index in [9.17, 15) is 0 Å². The van der Waals surface area contributed by atoms with Crippen molar-refractivity contribution in [2.45, 2.75) is 32.4 Å². The Balaban J connectivity index is 2.06. The topological polar surface area (TPSA) is 15.3 Å². The third-order valence-corrected chi connectivity index (χ3v) is 3.97. The fraction of sp³-hybridized carbons (Fsp3) is 0.529. The molecule has 0 saturated carbocycles. The van der Waals surface area contributed by atoms with Crippen molar-refractivity contribution in [1.29, 1.82) is 0 Å². The zero-order chi connectivity index (χ0) is 13.7. The van der Waals surface area contributed by atoms with Gasteiger partial charge in [0.05, 0.1) is 0 Å². The van der Waals surface area contributed by atoms with Gasteiger partial charge in [-0.25, -0.2) is 0 Å². The van der Waals surface area contributed by atoms with Gasteiger partial charge in [0.1, 0.15) is 0 Å². The minimum absolute atomic E-state index is 0.425. The fourth-order valence-corrected chi connectivity index (χ4v) is 2.86. The molecule has 0 aliphatic carbocycles. The smallest absolute Gasteiger partial charge is 0.0449 e. The minimum Gasteiger partial charge on any atom is -0.307 e. The lowest BCUT2D eigenvalue weighted by molar-refractivity contribution is 0.101. The first-order valence-corrected chi connectivity index (χ1v) is 7.18. The van der Waals surface area contributed by atoms with Crippen LogP contribution in [0.2, 0.25) is 0 Å². The van der Waals surface area contributed by atoms with Gasteiger partial charge in [0.25, 0.3) is 0 Å². The van der Waals surface area contributed by atoms with Crippen LogP contribution in [0.15, 0.2) is 30.3 Å². The summed E-state index contributed by atoms with van der Waals surface area (Å²) in [5.41, 5.74) is 1.37. The van der Waals surface area contributed by atoms with E-state index in [4.69, 9.17) is 6.42 Å². The summed E-state index contributed by atoms with van der Waals surface area (Å²) in [5, 5.41) is 3.68. The molecule has 1 aromatic rings. The van der Waals surface area contributed by atoms with Crippen molar-refractivity contribution in [1.82, 2.24) is 10.2 Å². The average Bonchev–Trinajstić information content (AvgIpc) is 2.45. The zero-order valence-corrected chi connectivity index (χ0v) is 12.0. The number of terminal acetylenes is 1. The van der Waals surface area contributed by atoms with Crippen molar-refractivity contribution in [3.05, 3.63) is 35.9 Å². The number of benzene rings is 1. The van der Waals surface area contributed by atoms with Crippen LogP contribution < -0.4 is 5.32 Å². The van der Waals surface area contributed by atoms with Crippen LogP contribution in [0, 0.1) is 18.3 Å². The van der Waals surface area contributed by atoms with Gasteiger partial charge in [0.15, 0.2) is 0 Å². The number of nitrogens with one attached hydrogen (secondary N) is 1. The fourth-order valence-electron chi connectivity index (χ4n) is 2.86. The SMILES string of the molecule is C#CCCN1CC(c2ccccc2)NCC1C(C)C. The van der Waals surface area contributed by atoms with Crippen molar-refractivity contribution < 1.29 is 0 Å². The molecule has 0 bridgehead atoms. The molecule has 1 heterocycles. The van der Waals surface area contributed by atoms with Gasteiger partial charge < -0.3 is 5.32 Å². The Morgan fingerprint density at radius 2 is 2.11 bits per heavy atom. The quantitative estimate of drug-likeness (QED) is 0.833. The Morgan fingerprint density at radius 3 is 2.74 bits per heavy atom. The predicted octanol–water partition coefficient (Wildman–Crippen LogP) is 2.68. The summed E-state index contributed by atoms with van der Waals surface area (Å²) in [4.78, 5) is 2.55. The van der Waals surface area contributed by atoms with Crippen LogP contribution in [0.4, 0.5) is 0 Å². The molecule has 0 spiro atoms. The van der Waals surface area contributed by atoms with Gasteiger partial charge in [-0.1, -0.05) is 44.2 Å². The molecule has 1 aliphatic rings. The van der Waals surface area contributed by atoms with Crippen LogP contribution in [-0.2, 0) is 0 Å². The van der Waals surface area contributed by atoms with Crippen molar-refractivity contribution in [3.63, 3.8) is 0 Å². The van der Waals surface area contributed by atoms with Crippen LogP contribution >= 0.6 is 0 Å². The van der Waals surface area contributed by atoms with Crippen LogP contribution in [0.1, 0.15) is 31.9 Å². The summed E-state index contributed by atoms with van der Waals surface area (Å²) in [6.07, 6.45) is 6.26. The van der Waals surface area contributed by atoms with E-state index in [1.165, 1.54) is 5.56 Å². The first-order valence-electron chi connectivity index (χ1n) is 7.18. The van der Waals surface area contributed by atoms with Gasteiger partial charge in [-0.15, -0.1) is 12.3 Å². The molecule has 2 atom stereocenters. The first-order chi connectivity index (χ1) is 9.22. The normalized spacial score (nSPS) is 24.3. The molecule has 2 heteroatoms. The Labute approximate surface area is 117 Å². The minimum atomic E-state index is 0.425. The summed E-state index contributed by atoms with van der Waals surface area (Å²) in [7, 11) is 0. The van der Waals surface area contributed by atoms with E-state index in [2.05, 4.69) is 60.3 Å². The van der Waals surface area contributed by atoms with Crippen molar-refractivity contribution >= 4 is 0 Å². The highest BCUT2D eigenvalue weighted by atomic mass is 15.2. The van der Waals surface area contributed by atoms with Crippen molar-refractivity contribution in [2.75, 3.05) is 19.6 Å². The molecule has 0 aromatic heterocycles. The van der Waals surface area contributed by atoms with Gasteiger partial charge in [0.2, 0.25) is 0 Å². The van der Waals surface area contributed by atoms with Gasteiger partial charge in [-0.3, -0.25) is 4.90 Å². The van der Waals surface area contributed by atoms with E-state index in [-0.39, 0.29) is 0 Å². The van der Waals surface area contributed by atoms with E-state index in [0.29, 0.717) is 18.0 Å². The first kappa shape index (κ1) is 14.1. The molecule has 102 valence electrons. The maximum absolute atomic E-state index is 5.42. The van der Waals surface area contributed by atoms with Crippen molar-refractivity contribution in [2.24, 2.45) is 5.92 Å². The highest BCUT2D eigenvalue weighted by Crippen LogP contribution is 2.23. The number of hydrogen-bond acceptors (Lipinski definition) is 2. The average molecular weight is 256 g/mol. The molecule has 2 unspecified atom stereocenters. The monoisotopic (exact) mass is 256 g/mol. The number of rotatable bonds is 4. The van der Waals surface area contributed by atoms with Gasteiger partial charge >= 0.3 is 0 Å². The Kier molecular flexibility index (Phi) is 5.01. The molecule has 0 amide bonds. The Bertz CT molecular complexity index is 419. The summed E-state index contributed by atoms with van der Waals surface area (Å²) in [5.74, 6) is 3.42. The zero-order valence-electron chi connectivity index (χ0n) is 12.0. The second kappa shape index (κ2) is 6.75. The molecule has 1 saturated heterocycles. The number of piperazine rings is 1. The van der Waals surface area contributed by atoms with Gasteiger partial charge in [0, 0.05) is 38.1 Å². The second-order valence-electron chi connectivity index (χ2n) is 5.63. The highest BCUT2D eigenvalue weighted by Gasteiger charge is 2.29. The summed E-state index contributed by atoms with van der Waals surface area (Å²) >= 11 is 0. The summed E-state index contributed by atoms with van der Waals surface area (Å²) < 4.78 is 0. The van der Waals surface area contributed by atoms with Crippen LogP contribution in [0.25, 0.3) is 0 Å². The van der Waals surface area contributed by atoms with E-state index in [0.717, 1.165) is 26.1 Å². The van der Waals surface area contributed by atoms with E-state index < -0.39 is 0 Å². The Hall–Kier alpha value is -1.30. The van der Waals surface area contributed by atoms with E-state index in [1.54, 1.807) is 0 Å². The van der Waals surface area contributed by atoms with Crippen LogP contribution in [0.3, 0.4) is 0 Å². The molecule has 0 radical (unpaired) electrons. The summed E-state index contributed by atoms with van der Waals surface area (Å²) in [6, 6.07) is 11.7. The van der Waals surface area contributed by atoms with E-state index >= 15 is 0 Å². The molecular formula is C17H24N2. The molecule has 1 aromatic carbocycles. The van der Waals surface area contributed by atoms with Crippen LogP contribution in [0.5, 0.6) is 0 Å². The third kappa shape index (κ3) is 3.59. The van der Waals surface area contributed by atoms with Gasteiger partial charge in [-0.2, -0.15) is 0 Å². The molecule has 1 aliphatic heterocycles. The van der Waals surface area contributed by atoms with Gasteiger partial charge in [-0.05, 0) is 11.5 Å². The van der Waals surface area contributed by atoms with Crippen LogP contribution in [-0.4, -0.2) is 30.6 Å². The molecular weight excluding hydrogens is 232 g/mol. The number of nitrogens with zero attached hydrogens (tertiary/aromatic N) is 1. The maximum atomic E-state index is 5.42. The second-order valence-corrected chi connectivity index (χ2v) is 5.63. The third-order valence-electron chi connectivity index (χ3n) is 3.97. The molecule has 19 heavy (non-hydrogen) atoms. The molecule has 1 fully saturated rings. The maximum Gasteiger partial charge on any atom is 0.0449 e. The standard InChI is InChI=1S/C17H24N2/c1-4-5-11-19-13-16(15-9-7-6-8-10-15)18-12-17(19)14(2)3/h1,6-10,14,16-18H,5,11-13H2,2-3H3. The van der Waals surface area contributed by atoms with Crippen molar-refractivity contribution in [3.8, 4) is 12.3 Å². The molecule has 2 nitrogen and oxygen atoms in total. The lowest BCUT2D eigenvalue weighted by Crippen LogP contribution is -2.54. The number of hydrogen-bond donors (Lipinski definition) is 1. The lowest BCUT2D eigenvalue weighted by atomic mass is 9.95. The highest BCUT2D eigenvalue weighted by molar-refractivity contribution is 5.20. The molecule has 1 N–H and O–H groups in total. The molecule has 2 rings (SSSR count). The lowest BCUT2D eigenvalue weighted by Gasteiger charge is -2.42. The predicted molar refractivity (Wildman–Crippen MR) is 80.8 cm³/mol. The van der Waals surface area contributed by atoms with E-state index in [1.807, 2.05) is 0 Å².